The van der Waals surface area contributed by atoms with Gasteiger partial charge in [0.15, 0.2) is 0 Å². The van der Waals surface area contributed by atoms with Crippen LogP contribution in [0.4, 0.5) is 0 Å². The van der Waals surface area contributed by atoms with Crippen LogP contribution in [-0.4, -0.2) is 55.6 Å². The van der Waals surface area contributed by atoms with Gasteiger partial charge in [0.05, 0.1) is 31.1 Å². The van der Waals surface area contributed by atoms with Gasteiger partial charge in [-0.3, -0.25) is 14.5 Å². The summed E-state index contributed by atoms with van der Waals surface area (Å²) in [4.78, 5) is 27.2. The summed E-state index contributed by atoms with van der Waals surface area (Å²) < 4.78 is 10.3. The lowest BCUT2D eigenvalue weighted by atomic mass is 10.0. The van der Waals surface area contributed by atoms with Crippen molar-refractivity contribution in [1.29, 1.82) is 0 Å². The van der Waals surface area contributed by atoms with Crippen LogP contribution >= 0.6 is 0 Å². The molecule has 2 amide bonds. The maximum atomic E-state index is 12.7. The summed E-state index contributed by atoms with van der Waals surface area (Å²) in [6.07, 6.45) is 2.78. The van der Waals surface area contributed by atoms with Crippen LogP contribution < -0.4 is 10.6 Å². The van der Waals surface area contributed by atoms with Crippen molar-refractivity contribution in [2.24, 2.45) is 0 Å². The first-order chi connectivity index (χ1) is 13.5. The van der Waals surface area contributed by atoms with Crippen LogP contribution in [0.3, 0.4) is 0 Å². The van der Waals surface area contributed by atoms with E-state index in [-0.39, 0.29) is 17.9 Å². The highest BCUT2D eigenvalue weighted by Crippen LogP contribution is 2.17. The Kier molecular flexibility index (Phi) is 6.84. The maximum absolute atomic E-state index is 12.7. The van der Waals surface area contributed by atoms with E-state index in [2.05, 4.69) is 15.5 Å². The summed E-state index contributed by atoms with van der Waals surface area (Å²) in [5.74, 6) is -0.563. The number of hydrogen-bond donors (Lipinski definition) is 2. The number of nitrogens with zero attached hydrogens (tertiary/aromatic N) is 1. The van der Waals surface area contributed by atoms with Gasteiger partial charge < -0.3 is 19.8 Å². The van der Waals surface area contributed by atoms with Crippen molar-refractivity contribution in [3.8, 4) is 0 Å². The number of carbonyl (C=O) groups is 2. The van der Waals surface area contributed by atoms with Gasteiger partial charge in [-0.05, 0) is 25.5 Å². The van der Waals surface area contributed by atoms with Gasteiger partial charge in [0.2, 0.25) is 5.91 Å². The molecule has 0 aliphatic carbocycles. The molecular weight excluding hydrogens is 358 g/mol. The van der Waals surface area contributed by atoms with Crippen molar-refractivity contribution in [2.45, 2.75) is 25.9 Å². The topological polar surface area (TPSA) is 83.8 Å². The van der Waals surface area contributed by atoms with E-state index in [1.165, 1.54) is 18.1 Å². The predicted molar refractivity (Wildman–Crippen MR) is 105 cm³/mol. The lowest BCUT2D eigenvalue weighted by Gasteiger charge is -2.31. The molecule has 2 heterocycles. The Morgan fingerprint density at radius 1 is 1.11 bits per heavy atom. The summed E-state index contributed by atoms with van der Waals surface area (Å²) in [7, 11) is 0. The number of benzene rings is 1. The summed E-state index contributed by atoms with van der Waals surface area (Å²) >= 11 is 0. The molecule has 1 aromatic carbocycles. The molecule has 1 fully saturated rings. The SMILES string of the molecule is Cc1ccc([C@H](CN2CCOCC2)NC(=O)[C@@H](C)NC(=O)c2ccoc2)cc1. The van der Waals surface area contributed by atoms with Crippen molar-refractivity contribution in [3.05, 3.63) is 59.5 Å². The highest BCUT2D eigenvalue weighted by Gasteiger charge is 2.24. The molecule has 0 spiro atoms. The van der Waals surface area contributed by atoms with E-state index in [4.69, 9.17) is 9.15 Å². The zero-order chi connectivity index (χ0) is 19.9. The lowest BCUT2D eigenvalue weighted by Crippen LogP contribution is -2.49. The summed E-state index contributed by atoms with van der Waals surface area (Å²) in [5.41, 5.74) is 2.60. The maximum Gasteiger partial charge on any atom is 0.255 e. The lowest BCUT2D eigenvalue weighted by molar-refractivity contribution is -0.123. The first-order valence-electron chi connectivity index (χ1n) is 9.53. The molecule has 7 heteroatoms. The molecule has 7 nitrogen and oxygen atoms in total. The number of hydrogen-bond acceptors (Lipinski definition) is 5. The normalized spacial score (nSPS) is 16.9. The Bertz CT molecular complexity index is 767. The smallest absolute Gasteiger partial charge is 0.255 e. The van der Waals surface area contributed by atoms with E-state index >= 15 is 0 Å². The second-order valence-corrected chi connectivity index (χ2v) is 7.09. The van der Waals surface area contributed by atoms with Crippen molar-refractivity contribution >= 4 is 11.8 Å². The van der Waals surface area contributed by atoms with E-state index in [9.17, 15) is 9.59 Å². The van der Waals surface area contributed by atoms with Gasteiger partial charge in [0, 0.05) is 19.6 Å². The number of furan rings is 1. The minimum absolute atomic E-state index is 0.167. The zero-order valence-corrected chi connectivity index (χ0v) is 16.3. The molecule has 0 radical (unpaired) electrons. The van der Waals surface area contributed by atoms with Crippen LogP contribution in [0.1, 0.15) is 34.5 Å². The molecule has 0 bridgehead atoms. The molecule has 2 atom stereocenters. The molecule has 0 saturated carbocycles. The Morgan fingerprint density at radius 2 is 1.82 bits per heavy atom. The largest absolute Gasteiger partial charge is 0.472 e. The monoisotopic (exact) mass is 385 g/mol. The standard InChI is InChI=1S/C21H27N3O4/c1-15-3-5-17(6-4-15)19(13-24-8-11-27-12-9-24)23-20(25)16(2)22-21(26)18-7-10-28-14-18/h3-7,10,14,16,19H,8-9,11-13H2,1-2H3,(H,22,26)(H,23,25)/t16-,19+/m1/s1. The van der Waals surface area contributed by atoms with E-state index in [0.29, 0.717) is 25.3 Å². The van der Waals surface area contributed by atoms with Crippen LogP contribution in [0.2, 0.25) is 0 Å². The van der Waals surface area contributed by atoms with Crippen molar-refractivity contribution < 1.29 is 18.7 Å². The number of rotatable bonds is 7. The van der Waals surface area contributed by atoms with Gasteiger partial charge in [0.1, 0.15) is 12.3 Å². The minimum Gasteiger partial charge on any atom is -0.472 e. The van der Waals surface area contributed by atoms with Gasteiger partial charge in [-0.25, -0.2) is 0 Å². The fourth-order valence-electron chi connectivity index (χ4n) is 3.11. The van der Waals surface area contributed by atoms with E-state index < -0.39 is 6.04 Å². The second kappa shape index (κ2) is 9.52. The molecule has 2 N–H and O–H groups in total. The molecule has 0 unspecified atom stereocenters. The fraction of sp³-hybridized carbons (Fsp3) is 0.429. The second-order valence-electron chi connectivity index (χ2n) is 7.09. The molecule has 2 aromatic rings. The number of amides is 2. The highest BCUT2D eigenvalue weighted by molar-refractivity contribution is 5.97. The third-order valence-electron chi connectivity index (χ3n) is 4.86. The first-order valence-corrected chi connectivity index (χ1v) is 9.53. The quantitative estimate of drug-likeness (QED) is 0.761. The number of ether oxygens (including phenoxy) is 1. The Labute approximate surface area is 165 Å². The molecule has 28 heavy (non-hydrogen) atoms. The average Bonchev–Trinajstić information content (AvgIpc) is 3.24. The van der Waals surface area contributed by atoms with E-state index in [1.54, 1.807) is 13.0 Å². The predicted octanol–water partition coefficient (Wildman–Crippen LogP) is 1.90. The van der Waals surface area contributed by atoms with Crippen LogP contribution in [-0.2, 0) is 9.53 Å². The third kappa shape index (κ3) is 5.43. The molecule has 1 aliphatic heterocycles. The van der Waals surface area contributed by atoms with Crippen LogP contribution in [0.25, 0.3) is 0 Å². The first kappa shape index (κ1) is 20.1. The number of aryl methyl sites for hydroxylation is 1. The van der Waals surface area contributed by atoms with Crippen molar-refractivity contribution in [2.75, 3.05) is 32.8 Å². The summed E-state index contributed by atoms with van der Waals surface area (Å²) in [6, 6.07) is 8.88. The number of morpholine rings is 1. The molecule has 1 aliphatic rings. The highest BCUT2D eigenvalue weighted by atomic mass is 16.5. The zero-order valence-electron chi connectivity index (χ0n) is 16.3. The third-order valence-corrected chi connectivity index (χ3v) is 4.86. The molecule has 150 valence electrons. The van der Waals surface area contributed by atoms with Crippen molar-refractivity contribution in [1.82, 2.24) is 15.5 Å². The fourth-order valence-corrected chi connectivity index (χ4v) is 3.11. The Balaban J connectivity index is 1.65. The van der Waals surface area contributed by atoms with Gasteiger partial charge in [-0.1, -0.05) is 29.8 Å². The average molecular weight is 385 g/mol. The molecular formula is C21H27N3O4. The van der Waals surface area contributed by atoms with Crippen molar-refractivity contribution in [3.63, 3.8) is 0 Å². The van der Waals surface area contributed by atoms with Gasteiger partial charge in [-0.15, -0.1) is 0 Å². The van der Waals surface area contributed by atoms with Crippen LogP contribution in [0.5, 0.6) is 0 Å². The number of carbonyl (C=O) groups excluding carboxylic acids is 2. The van der Waals surface area contributed by atoms with Crippen LogP contribution in [0, 0.1) is 6.92 Å². The van der Waals surface area contributed by atoms with E-state index in [0.717, 1.165) is 18.7 Å². The van der Waals surface area contributed by atoms with Gasteiger partial charge >= 0.3 is 0 Å². The molecule has 1 saturated heterocycles. The van der Waals surface area contributed by atoms with E-state index in [1.807, 2.05) is 31.2 Å². The molecule has 1 aromatic heterocycles. The summed E-state index contributed by atoms with van der Waals surface area (Å²) in [6.45, 7) is 7.48. The van der Waals surface area contributed by atoms with Gasteiger partial charge in [0.25, 0.3) is 5.91 Å². The van der Waals surface area contributed by atoms with Crippen LogP contribution in [0.15, 0.2) is 47.3 Å². The Hall–Kier alpha value is -2.64. The number of nitrogens with one attached hydrogen (secondary N) is 2. The summed E-state index contributed by atoms with van der Waals surface area (Å²) in [5, 5.41) is 5.80. The minimum atomic E-state index is -0.667. The Morgan fingerprint density at radius 3 is 2.46 bits per heavy atom. The van der Waals surface area contributed by atoms with Gasteiger partial charge in [-0.2, -0.15) is 0 Å². The molecule has 3 rings (SSSR count).